The van der Waals surface area contributed by atoms with Crippen LogP contribution in [0.5, 0.6) is 0 Å². The highest BCUT2D eigenvalue weighted by atomic mass is 14.6. The summed E-state index contributed by atoms with van der Waals surface area (Å²) in [5.41, 5.74) is 25.6. The van der Waals surface area contributed by atoms with Gasteiger partial charge in [-0.1, -0.05) is 151 Å². The van der Waals surface area contributed by atoms with Crippen LogP contribution in [0.1, 0.15) is 148 Å². The summed E-state index contributed by atoms with van der Waals surface area (Å²) >= 11 is 0. The Kier molecular flexibility index (Phi) is 16.7. The standard InChI is InChI=1S/C46H64N2/c1-3-5-7-9-11-13-19-43-35-41(29-31-45(43)47)33-39-25-21-37(22-26-39)17-15-16-18-38-23-27-40(28-24-38)34-42-30-32-46(48)44(36-42)20-14-12-10-8-6-4-2/h21-32,35-36H,3-20,33-34,47-48H2,1-2H3. The maximum atomic E-state index is 6.32. The molecular weight excluding hydrogens is 581 g/mol. The molecule has 0 aliphatic carbocycles. The van der Waals surface area contributed by atoms with Gasteiger partial charge >= 0.3 is 0 Å². The van der Waals surface area contributed by atoms with Crippen LogP contribution in [0.15, 0.2) is 84.9 Å². The minimum Gasteiger partial charge on any atom is -0.399 e. The van der Waals surface area contributed by atoms with Crippen LogP contribution < -0.4 is 11.5 Å². The Bertz CT molecular complexity index is 1340. The van der Waals surface area contributed by atoms with Crippen molar-refractivity contribution in [3.63, 3.8) is 0 Å². The molecule has 0 aliphatic rings. The molecule has 0 saturated heterocycles. The normalized spacial score (nSPS) is 11.3. The molecule has 0 spiro atoms. The van der Waals surface area contributed by atoms with Crippen molar-refractivity contribution < 1.29 is 0 Å². The van der Waals surface area contributed by atoms with Crippen LogP contribution in [-0.2, 0) is 38.5 Å². The molecule has 0 fully saturated rings. The van der Waals surface area contributed by atoms with Gasteiger partial charge in [0.2, 0.25) is 0 Å². The molecule has 4 aromatic rings. The molecule has 2 nitrogen and oxygen atoms in total. The van der Waals surface area contributed by atoms with Crippen LogP contribution >= 0.6 is 0 Å². The molecule has 48 heavy (non-hydrogen) atoms. The molecule has 0 unspecified atom stereocenters. The van der Waals surface area contributed by atoms with Crippen LogP contribution in [0.4, 0.5) is 11.4 Å². The van der Waals surface area contributed by atoms with E-state index in [1.807, 2.05) is 0 Å². The molecule has 2 heteroatoms. The van der Waals surface area contributed by atoms with Gasteiger partial charge in [0.05, 0.1) is 0 Å². The van der Waals surface area contributed by atoms with Crippen molar-refractivity contribution in [2.45, 2.75) is 142 Å². The van der Waals surface area contributed by atoms with E-state index in [0.717, 1.165) is 49.9 Å². The van der Waals surface area contributed by atoms with Crippen molar-refractivity contribution in [3.05, 3.63) is 129 Å². The van der Waals surface area contributed by atoms with Gasteiger partial charge in [-0.15, -0.1) is 0 Å². The average molecular weight is 645 g/mol. The van der Waals surface area contributed by atoms with Crippen molar-refractivity contribution in [1.82, 2.24) is 0 Å². The van der Waals surface area contributed by atoms with Gasteiger partial charge < -0.3 is 11.5 Å². The van der Waals surface area contributed by atoms with Gasteiger partial charge in [-0.25, -0.2) is 0 Å². The largest absolute Gasteiger partial charge is 0.399 e. The molecule has 0 atom stereocenters. The number of hydrogen-bond acceptors (Lipinski definition) is 2. The fourth-order valence-electron chi connectivity index (χ4n) is 6.94. The van der Waals surface area contributed by atoms with Crippen LogP contribution in [0.3, 0.4) is 0 Å². The summed E-state index contributed by atoms with van der Waals surface area (Å²) in [6.07, 6.45) is 24.7. The van der Waals surface area contributed by atoms with E-state index < -0.39 is 0 Å². The monoisotopic (exact) mass is 645 g/mol. The van der Waals surface area contributed by atoms with Crippen LogP contribution in [0.25, 0.3) is 0 Å². The summed E-state index contributed by atoms with van der Waals surface area (Å²) in [6, 6.07) is 31.9. The lowest BCUT2D eigenvalue weighted by Gasteiger charge is -2.10. The Morgan fingerprint density at radius 1 is 0.333 bits per heavy atom. The highest BCUT2D eigenvalue weighted by Gasteiger charge is 2.06. The first-order valence-electron chi connectivity index (χ1n) is 19.4. The Balaban J connectivity index is 1.15. The molecule has 4 rings (SSSR count). The molecule has 0 bridgehead atoms. The molecule has 4 aromatic carbocycles. The molecular formula is C46H64N2. The first kappa shape index (κ1) is 37.3. The second kappa shape index (κ2) is 21.5. The van der Waals surface area contributed by atoms with Crippen LogP contribution in [0, 0.1) is 0 Å². The van der Waals surface area contributed by atoms with Gasteiger partial charge in [-0.2, -0.15) is 0 Å². The third-order valence-electron chi connectivity index (χ3n) is 10.1. The number of nitrogens with two attached hydrogens (primary N) is 2. The van der Waals surface area contributed by atoms with E-state index in [2.05, 4.69) is 98.8 Å². The Hall–Kier alpha value is -3.52. The third-order valence-corrected chi connectivity index (χ3v) is 10.1. The van der Waals surface area contributed by atoms with Gasteiger partial charge in [-0.3, -0.25) is 0 Å². The van der Waals surface area contributed by atoms with Crippen molar-refractivity contribution in [2.24, 2.45) is 0 Å². The number of rotatable bonds is 23. The number of unbranched alkanes of at least 4 members (excludes halogenated alkanes) is 11. The van der Waals surface area contributed by atoms with E-state index >= 15 is 0 Å². The summed E-state index contributed by atoms with van der Waals surface area (Å²) in [7, 11) is 0. The van der Waals surface area contributed by atoms with Crippen molar-refractivity contribution in [2.75, 3.05) is 11.5 Å². The van der Waals surface area contributed by atoms with E-state index in [0.29, 0.717) is 0 Å². The smallest absolute Gasteiger partial charge is 0.0346 e. The van der Waals surface area contributed by atoms with E-state index in [9.17, 15) is 0 Å². The van der Waals surface area contributed by atoms with E-state index in [-0.39, 0.29) is 0 Å². The summed E-state index contributed by atoms with van der Waals surface area (Å²) in [5, 5.41) is 0. The molecule has 0 amide bonds. The highest BCUT2D eigenvalue weighted by Crippen LogP contribution is 2.22. The SMILES string of the molecule is CCCCCCCCc1cc(Cc2ccc(CCCCc3ccc(Cc4ccc(N)c(CCCCCCCC)c4)cc3)cc2)ccc1N. The maximum absolute atomic E-state index is 6.32. The third kappa shape index (κ3) is 13.5. The van der Waals surface area contributed by atoms with Crippen LogP contribution in [0.2, 0.25) is 0 Å². The number of hydrogen-bond donors (Lipinski definition) is 2. The Labute approximate surface area is 293 Å². The number of benzene rings is 4. The first-order valence-corrected chi connectivity index (χ1v) is 19.4. The second-order valence-electron chi connectivity index (χ2n) is 14.3. The Morgan fingerprint density at radius 2 is 0.646 bits per heavy atom. The zero-order chi connectivity index (χ0) is 33.8. The predicted molar refractivity (Wildman–Crippen MR) is 211 cm³/mol. The summed E-state index contributed by atoms with van der Waals surface area (Å²) in [6.45, 7) is 4.55. The molecule has 0 radical (unpaired) electrons. The molecule has 0 aromatic heterocycles. The number of aryl methyl sites for hydroxylation is 4. The molecule has 0 saturated carbocycles. The minimum absolute atomic E-state index is 0.948. The average Bonchev–Trinajstić information content (AvgIpc) is 3.10. The topological polar surface area (TPSA) is 52.0 Å². The zero-order valence-corrected chi connectivity index (χ0v) is 30.4. The lowest BCUT2D eigenvalue weighted by Crippen LogP contribution is -1.98. The molecule has 258 valence electrons. The zero-order valence-electron chi connectivity index (χ0n) is 30.4. The van der Waals surface area contributed by atoms with Gasteiger partial charge in [0.1, 0.15) is 0 Å². The first-order chi connectivity index (χ1) is 23.5. The van der Waals surface area contributed by atoms with Crippen molar-refractivity contribution >= 4 is 11.4 Å². The van der Waals surface area contributed by atoms with E-state index in [1.165, 1.54) is 134 Å². The van der Waals surface area contributed by atoms with Gasteiger partial charge in [0, 0.05) is 11.4 Å². The molecule has 4 N–H and O–H groups in total. The fourth-order valence-corrected chi connectivity index (χ4v) is 6.94. The second-order valence-corrected chi connectivity index (χ2v) is 14.3. The van der Waals surface area contributed by atoms with E-state index in [1.54, 1.807) is 0 Å². The predicted octanol–water partition coefficient (Wildman–Crippen LogP) is 12.4. The molecule has 0 heterocycles. The summed E-state index contributed by atoms with van der Waals surface area (Å²) in [5.74, 6) is 0. The van der Waals surface area contributed by atoms with Gasteiger partial charge in [0.15, 0.2) is 0 Å². The maximum Gasteiger partial charge on any atom is 0.0346 e. The van der Waals surface area contributed by atoms with Crippen molar-refractivity contribution in [3.8, 4) is 0 Å². The summed E-state index contributed by atoms with van der Waals surface area (Å²) in [4.78, 5) is 0. The fraction of sp³-hybridized carbons (Fsp3) is 0.478. The van der Waals surface area contributed by atoms with Gasteiger partial charge in [-0.05, 0) is 121 Å². The lowest BCUT2D eigenvalue weighted by atomic mass is 9.96. The molecule has 0 aliphatic heterocycles. The Morgan fingerprint density at radius 3 is 1.04 bits per heavy atom. The van der Waals surface area contributed by atoms with Gasteiger partial charge in [0.25, 0.3) is 0 Å². The van der Waals surface area contributed by atoms with E-state index in [4.69, 9.17) is 11.5 Å². The number of anilines is 2. The number of nitrogen functional groups attached to an aromatic ring is 2. The minimum atomic E-state index is 0.948. The quantitative estimate of drug-likeness (QED) is 0.0623. The lowest BCUT2D eigenvalue weighted by molar-refractivity contribution is 0.608. The highest BCUT2D eigenvalue weighted by molar-refractivity contribution is 5.50. The van der Waals surface area contributed by atoms with Crippen LogP contribution in [-0.4, -0.2) is 0 Å². The van der Waals surface area contributed by atoms with Crippen molar-refractivity contribution in [1.29, 1.82) is 0 Å². The summed E-state index contributed by atoms with van der Waals surface area (Å²) < 4.78 is 0.